The Labute approximate surface area is 138 Å². The van der Waals surface area contributed by atoms with Gasteiger partial charge in [-0.1, -0.05) is 0 Å². The fourth-order valence-electron chi connectivity index (χ4n) is 2.25. The standard InChI is InChI=1S/C16H19FN4O3/c1-4-20(10(2)3)15(22)13-7-11(17)5-6-14(13)24-12-8-19-16(23)21(18)9-12/h5-10H,4,18H2,1-3H3. The molecule has 1 heterocycles. The van der Waals surface area contributed by atoms with Crippen LogP contribution < -0.4 is 16.3 Å². The summed E-state index contributed by atoms with van der Waals surface area (Å²) in [6.07, 6.45) is 2.41. The summed E-state index contributed by atoms with van der Waals surface area (Å²) in [4.78, 5) is 29.0. The van der Waals surface area contributed by atoms with Crippen molar-refractivity contribution in [1.29, 1.82) is 0 Å². The van der Waals surface area contributed by atoms with Crippen LogP contribution in [0.5, 0.6) is 11.5 Å². The number of nitrogen functional groups attached to an aromatic ring is 1. The summed E-state index contributed by atoms with van der Waals surface area (Å²) in [6.45, 7) is 6.05. The smallest absolute Gasteiger partial charge is 0.366 e. The molecule has 0 radical (unpaired) electrons. The van der Waals surface area contributed by atoms with E-state index in [2.05, 4.69) is 4.98 Å². The molecule has 0 atom stereocenters. The third-order valence-corrected chi connectivity index (χ3v) is 3.41. The number of amides is 1. The molecule has 8 heteroatoms. The zero-order chi connectivity index (χ0) is 17.9. The predicted octanol–water partition coefficient (Wildman–Crippen LogP) is 1.76. The molecule has 2 rings (SSSR count). The Kier molecular flexibility index (Phi) is 5.18. The van der Waals surface area contributed by atoms with E-state index in [1.54, 1.807) is 4.90 Å². The van der Waals surface area contributed by atoms with Crippen LogP contribution in [0.25, 0.3) is 0 Å². The van der Waals surface area contributed by atoms with Crippen molar-refractivity contribution in [2.24, 2.45) is 0 Å². The first-order valence-electron chi connectivity index (χ1n) is 7.45. The molecular weight excluding hydrogens is 315 g/mol. The lowest BCUT2D eigenvalue weighted by atomic mass is 10.1. The number of benzene rings is 1. The monoisotopic (exact) mass is 334 g/mol. The number of carbonyl (C=O) groups excluding carboxylic acids is 1. The maximum Gasteiger partial charge on any atom is 0.366 e. The Morgan fingerprint density at radius 3 is 2.75 bits per heavy atom. The van der Waals surface area contributed by atoms with Gasteiger partial charge in [0.05, 0.1) is 18.0 Å². The highest BCUT2D eigenvalue weighted by Gasteiger charge is 2.22. The molecule has 0 aliphatic heterocycles. The van der Waals surface area contributed by atoms with Gasteiger partial charge < -0.3 is 15.5 Å². The number of hydrogen-bond acceptors (Lipinski definition) is 5. The van der Waals surface area contributed by atoms with Crippen molar-refractivity contribution < 1.29 is 13.9 Å². The lowest BCUT2D eigenvalue weighted by Crippen LogP contribution is -2.36. The first kappa shape index (κ1) is 17.5. The van der Waals surface area contributed by atoms with Gasteiger partial charge in [0.2, 0.25) is 0 Å². The number of hydrogen-bond donors (Lipinski definition) is 1. The molecular formula is C16H19FN4O3. The van der Waals surface area contributed by atoms with Gasteiger partial charge in [0, 0.05) is 12.6 Å². The van der Waals surface area contributed by atoms with Crippen molar-refractivity contribution in [3.63, 3.8) is 0 Å². The van der Waals surface area contributed by atoms with Crippen molar-refractivity contribution in [2.45, 2.75) is 26.8 Å². The van der Waals surface area contributed by atoms with E-state index in [4.69, 9.17) is 10.6 Å². The van der Waals surface area contributed by atoms with E-state index in [9.17, 15) is 14.0 Å². The molecule has 1 aromatic heterocycles. The maximum absolute atomic E-state index is 13.6. The van der Waals surface area contributed by atoms with Crippen molar-refractivity contribution >= 4 is 5.91 Å². The van der Waals surface area contributed by atoms with Crippen molar-refractivity contribution in [2.75, 3.05) is 12.4 Å². The summed E-state index contributed by atoms with van der Waals surface area (Å²) in [5, 5.41) is 0. The number of rotatable bonds is 5. The molecule has 2 aromatic rings. The quantitative estimate of drug-likeness (QED) is 0.842. The first-order valence-corrected chi connectivity index (χ1v) is 7.45. The first-order chi connectivity index (χ1) is 11.3. The highest BCUT2D eigenvalue weighted by atomic mass is 19.1. The normalized spacial score (nSPS) is 10.7. The van der Waals surface area contributed by atoms with E-state index in [0.717, 1.165) is 10.7 Å². The van der Waals surface area contributed by atoms with Crippen LogP contribution in [0.2, 0.25) is 0 Å². The molecule has 0 unspecified atom stereocenters. The number of aromatic nitrogens is 2. The maximum atomic E-state index is 13.6. The summed E-state index contributed by atoms with van der Waals surface area (Å²) >= 11 is 0. The van der Waals surface area contributed by atoms with Crippen LogP contribution in [-0.2, 0) is 0 Å². The Bertz CT molecular complexity index is 804. The summed E-state index contributed by atoms with van der Waals surface area (Å²) in [5.41, 5.74) is -0.560. The zero-order valence-electron chi connectivity index (χ0n) is 13.7. The van der Waals surface area contributed by atoms with Gasteiger partial charge in [0.15, 0.2) is 5.75 Å². The van der Waals surface area contributed by atoms with Crippen molar-refractivity contribution in [3.8, 4) is 11.5 Å². The van der Waals surface area contributed by atoms with Gasteiger partial charge in [-0.2, -0.15) is 4.98 Å². The summed E-state index contributed by atoms with van der Waals surface area (Å²) in [6, 6.07) is 3.60. The molecule has 0 saturated carbocycles. The number of nitrogens with zero attached hydrogens (tertiary/aromatic N) is 3. The SMILES string of the molecule is CCN(C(=O)c1cc(F)ccc1Oc1cnc(=O)n(N)c1)C(C)C. The van der Waals surface area contributed by atoms with Gasteiger partial charge in [-0.05, 0) is 39.0 Å². The fraction of sp³-hybridized carbons (Fsp3) is 0.312. The Balaban J connectivity index is 2.42. The number of ether oxygens (including phenoxy) is 1. The third kappa shape index (κ3) is 3.70. The van der Waals surface area contributed by atoms with E-state index in [1.165, 1.54) is 24.5 Å². The summed E-state index contributed by atoms with van der Waals surface area (Å²) in [5.74, 6) is 4.84. The molecule has 1 aromatic carbocycles. The van der Waals surface area contributed by atoms with Gasteiger partial charge in [-0.25, -0.2) is 13.9 Å². The zero-order valence-corrected chi connectivity index (χ0v) is 13.7. The minimum absolute atomic E-state index is 0.0498. The molecule has 0 fully saturated rings. The van der Waals surface area contributed by atoms with E-state index in [1.807, 2.05) is 20.8 Å². The highest BCUT2D eigenvalue weighted by Crippen LogP contribution is 2.27. The molecule has 0 aliphatic rings. The number of halogens is 1. The second-order valence-corrected chi connectivity index (χ2v) is 5.41. The van der Waals surface area contributed by atoms with Crippen molar-refractivity contribution in [3.05, 3.63) is 52.5 Å². The summed E-state index contributed by atoms with van der Waals surface area (Å²) < 4.78 is 20.0. The van der Waals surface area contributed by atoms with Crippen LogP contribution in [0.3, 0.4) is 0 Å². The van der Waals surface area contributed by atoms with Gasteiger partial charge in [0.1, 0.15) is 11.6 Å². The third-order valence-electron chi connectivity index (χ3n) is 3.41. The van der Waals surface area contributed by atoms with Crippen LogP contribution in [-0.4, -0.2) is 33.1 Å². The average molecular weight is 334 g/mol. The molecule has 128 valence electrons. The molecule has 7 nitrogen and oxygen atoms in total. The Morgan fingerprint density at radius 1 is 1.46 bits per heavy atom. The predicted molar refractivity (Wildman–Crippen MR) is 87.0 cm³/mol. The minimum Gasteiger partial charge on any atom is -0.453 e. The Morgan fingerprint density at radius 2 is 2.17 bits per heavy atom. The molecule has 0 saturated heterocycles. The molecule has 0 bridgehead atoms. The van der Waals surface area contributed by atoms with Crippen LogP contribution in [0.1, 0.15) is 31.1 Å². The number of nitrogens with two attached hydrogens (primary N) is 1. The van der Waals surface area contributed by atoms with E-state index < -0.39 is 11.5 Å². The second kappa shape index (κ2) is 7.12. The lowest BCUT2D eigenvalue weighted by Gasteiger charge is -2.26. The van der Waals surface area contributed by atoms with E-state index >= 15 is 0 Å². The lowest BCUT2D eigenvalue weighted by molar-refractivity contribution is 0.0713. The molecule has 2 N–H and O–H groups in total. The minimum atomic E-state index is -0.644. The van der Waals surface area contributed by atoms with Crippen LogP contribution >= 0.6 is 0 Å². The highest BCUT2D eigenvalue weighted by molar-refractivity contribution is 5.97. The van der Waals surface area contributed by atoms with Crippen molar-refractivity contribution in [1.82, 2.24) is 14.6 Å². The molecule has 24 heavy (non-hydrogen) atoms. The fourth-order valence-corrected chi connectivity index (χ4v) is 2.25. The van der Waals surface area contributed by atoms with Crippen LogP contribution in [0.15, 0.2) is 35.4 Å². The molecule has 0 aliphatic carbocycles. The van der Waals surface area contributed by atoms with Gasteiger partial charge in [-0.3, -0.25) is 4.79 Å². The second-order valence-electron chi connectivity index (χ2n) is 5.41. The van der Waals surface area contributed by atoms with Gasteiger partial charge >= 0.3 is 5.69 Å². The summed E-state index contributed by atoms with van der Waals surface area (Å²) in [7, 11) is 0. The van der Waals surface area contributed by atoms with Gasteiger partial charge in [-0.15, -0.1) is 0 Å². The topological polar surface area (TPSA) is 90.5 Å². The van der Waals surface area contributed by atoms with Gasteiger partial charge in [0.25, 0.3) is 5.91 Å². The van der Waals surface area contributed by atoms with Crippen LogP contribution in [0.4, 0.5) is 4.39 Å². The van der Waals surface area contributed by atoms with E-state index in [-0.39, 0.29) is 29.0 Å². The average Bonchev–Trinajstić information content (AvgIpc) is 2.52. The van der Waals surface area contributed by atoms with E-state index in [0.29, 0.717) is 6.54 Å². The molecule has 0 spiro atoms. The Hall–Kier alpha value is -2.90. The number of carbonyl (C=O) groups is 1. The van der Waals surface area contributed by atoms with Crippen LogP contribution in [0, 0.1) is 5.82 Å². The molecule has 1 amide bonds. The largest absolute Gasteiger partial charge is 0.453 e.